The van der Waals surface area contributed by atoms with E-state index in [0.717, 1.165) is 5.92 Å². The Bertz CT molecular complexity index is 314. The molecule has 0 saturated heterocycles. The lowest BCUT2D eigenvalue weighted by Gasteiger charge is -2.21. The van der Waals surface area contributed by atoms with Crippen molar-refractivity contribution in [2.24, 2.45) is 5.92 Å². The molecule has 1 saturated carbocycles. The van der Waals surface area contributed by atoms with Crippen LogP contribution in [0.15, 0.2) is 30.3 Å². The average Bonchev–Trinajstić information content (AvgIpc) is 2.48. The van der Waals surface area contributed by atoms with Gasteiger partial charge in [-0.2, -0.15) is 0 Å². The lowest BCUT2D eigenvalue weighted by molar-refractivity contribution is 0.341. The van der Waals surface area contributed by atoms with E-state index in [2.05, 4.69) is 35.6 Å². The van der Waals surface area contributed by atoms with Crippen LogP contribution in [0.25, 0.3) is 0 Å². The molecule has 0 spiro atoms. The van der Waals surface area contributed by atoms with E-state index in [1.165, 1.54) is 76.4 Å². The molecular weight excluding hydrogens is 230 g/mol. The summed E-state index contributed by atoms with van der Waals surface area (Å²) in [6.45, 7) is 2.48. The first-order valence-electron chi connectivity index (χ1n) is 8.20. The Morgan fingerprint density at radius 3 is 2.47 bits per heavy atom. The van der Waals surface area contributed by atoms with Crippen molar-refractivity contribution < 1.29 is 0 Å². The van der Waals surface area contributed by atoms with Crippen LogP contribution in [0.2, 0.25) is 0 Å². The minimum atomic E-state index is 0.970. The van der Waals surface area contributed by atoms with Crippen molar-refractivity contribution >= 4 is 0 Å². The van der Waals surface area contributed by atoms with Crippen molar-refractivity contribution in [1.29, 1.82) is 0 Å². The van der Waals surface area contributed by atoms with Gasteiger partial charge in [0.05, 0.1) is 0 Å². The second-order valence-corrected chi connectivity index (χ2v) is 6.00. The van der Waals surface area contributed by atoms with E-state index in [1.54, 1.807) is 0 Å². The van der Waals surface area contributed by atoms with Crippen LogP contribution in [-0.4, -0.2) is 13.1 Å². The Labute approximate surface area is 118 Å². The Hall–Kier alpha value is -0.820. The lowest BCUT2D eigenvalue weighted by atomic mass is 9.89. The van der Waals surface area contributed by atoms with Crippen molar-refractivity contribution in [2.45, 2.75) is 57.8 Å². The van der Waals surface area contributed by atoms with Crippen LogP contribution >= 0.6 is 0 Å². The summed E-state index contributed by atoms with van der Waals surface area (Å²) in [6.07, 6.45) is 12.6. The van der Waals surface area contributed by atoms with Gasteiger partial charge in [-0.25, -0.2) is 0 Å². The van der Waals surface area contributed by atoms with Gasteiger partial charge < -0.3 is 5.32 Å². The molecule has 0 aromatic heterocycles. The summed E-state index contributed by atoms with van der Waals surface area (Å²) in [7, 11) is 0. The molecule has 1 aliphatic rings. The molecular formula is C18H29N. The van der Waals surface area contributed by atoms with Crippen LogP contribution in [0.5, 0.6) is 0 Å². The maximum Gasteiger partial charge on any atom is -0.00205 e. The fraction of sp³-hybridized carbons (Fsp3) is 0.667. The molecule has 1 aromatic carbocycles. The number of nitrogens with one attached hydrogen (secondary N) is 1. The Balaban J connectivity index is 1.42. The van der Waals surface area contributed by atoms with Gasteiger partial charge in [-0.3, -0.25) is 0 Å². The predicted molar refractivity (Wildman–Crippen MR) is 83.4 cm³/mol. The molecule has 0 amide bonds. The maximum absolute atomic E-state index is 3.65. The topological polar surface area (TPSA) is 12.0 Å². The standard InChI is InChI=1S/C18H29N/c1-4-10-17(11-5-1)12-8-3-9-15-19-16-18-13-6-2-7-14-18/h1,4-5,10-11,18-19H,2-3,6-9,12-16H2. The van der Waals surface area contributed by atoms with Gasteiger partial charge in [0.1, 0.15) is 0 Å². The van der Waals surface area contributed by atoms with E-state index in [-0.39, 0.29) is 0 Å². The second kappa shape index (κ2) is 9.14. The van der Waals surface area contributed by atoms with E-state index >= 15 is 0 Å². The number of hydrogen-bond donors (Lipinski definition) is 1. The van der Waals surface area contributed by atoms with E-state index in [4.69, 9.17) is 0 Å². The molecule has 1 N–H and O–H groups in total. The second-order valence-electron chi connectivity index (χ2n) is 6.00. The molecule has 2 rings (SSSR count). The first-order chi connectivity index (χ1) is 9.45. The highest BCUT2D eigenvalue weighted by Gasteiger charge is 2.11. The van der Waals surface area contributed by atoms with Gasteiger partial charge in [-0.1, -0.05) is 56.0 Å². The van der Waals surface area contributed by atoms with Crippen molar-refractivity contribution in [3.05, 3.63) is 35.9 Å². The van der Waals surface area contributed by atoms with Gasteiger partial charge in [-0.15, -0.1) is 0 Å². The number of unbranched alkanes of at least 4 members (excludes halogenated alkanes) is 2. The summed E-state index contributed by atoms with van der Waals surface area (Å²) in [5, 5.41) is 3.65. The smallest absolute Gasteiger partial charge is 0.00205 e. The van der Waals surface area contributed by atoms with Crippen molar-refractivity contribution in [3.63, 3.8) is 0 Å². The van der Waals surface area contributed by atoms with E-state index in [9.17, 15) is 0 Å². The molecule has 0 radical (unpaired) electrons. The summed E-state index contributed by atoms with van der Waals surface area (Å²) in [5.74, 6) is 0.970. The minimum Gasteiger partial charge on any atom is -0.316 e. The van der Waals surface area contributed by atoms with Crippen molar-refractivity contribution in [3.8, 4) is 0 Å². The molecule has 0 bridgehead atoms. The monoisotopic (exact) mass is 259 g/mol. The lowest BCUT2D eigenvalue weighted by Crippen LogP contribution is -2.25. The third kappa shape index (κ3) is 6.24. The van der Waals surface area contributed by atoms with Gasteiger partial charge in [0.25, 0.3) is 0 Å². The molecule has 0 atom stereocenters. The predicted octanol–water partition coefficient (Wildman–Crippen LogP) is 4.57. The van der Waals surface area contributed by atoms with Gasteiger partial charge in [-0.05, 0) is 56.7 Å². The zero-order valence-electron chi connectivity index (χ0n) is 12.2. The fourth-order valence-corrected chi connectivity index (χ4v) is 3.10. The molecule has 1 aromatic rings. The van der Waals surface area contributed by atoms with Crippen molar-refractivity contribution in [2.75, 3.05) is 13.1 Å². The zero-order chi connectivity index (χ0) is 13.2. The van der Waals surface area contributed by atoms with Crippen LogP contribution in [0, 0.1) is 5.92 Å². The van der Waals surface area contributed by atoms with E-state index in [1.807, 2.05) is 0 Å². The van der Waals surface area contributed by atoms with Crippen LogP contribution < -0.4 is 5.32 Å². The highest BCUT2D eigenvalue weighted by molar-refractivity contribution is 5.14. The Kier molecular flexibility index (Phi) is 7.02. The molecule has 1 aliphatic carbocycles. The van der Waals surface area contributed by atoms with Crippen LogP contribution in [0.3, 0.4) is 0 Å². The molecule has 1 fully saturated rings. The normalized spacial score (nSPS) is 16.6. The highest BCUT2D eigenvalue weighted by atomic mass is 14.9. The van der Waals surface area contributed by atoms with Gasteiger partial charge >= 0.3 is 0 Å². The SMILES string of the molecule is c1ccc(CCCCCNCC2CCCCC2)cc1. The summed E-state index contributed by atoms with van der Waals surface area (Å²) in [5.41, 5.74) is 1.48. The molecule has 1 heteroatoms. The Morgan fingerprint density at radius 1 is 0.895 bits per heavy atom. The minimum absolute atomic E-state index is 0.970. The van der Waals surface area contributed by atoms with Gasteiger partial charge in [0.15, 0.2) is 0 Å². The molecule has 106 valence electrons. The number of aryl methyl sites for hydroxylation is 1. The van der Waals surface area contributed by atoms with E-state index in [0.29, 0.717) is 0 Å². The van der Waals surface area contributed by atoms with Crippen molar-refractivity contribution in [1.82, 2.24) is 5.32 Å². The quantitative estimate of drug-likeness (QED) is 0.674. The summed E-state index contributed by atoms with van der Waals surface area (Å²) in [4.78, 5) is 0. The highest BCUT2D eigenvalue weighted by Crippen LogP contribution is 2.22. The maximum atomic E-state index is 3.65. The summed E-state index contributed by atoms with van der Waals surface area (Å²) in [6, 6.07) is 10.9. The van der Waals surface area contributed by atoms with Gasteiger partial charge in [0, 0.05) is 0 Å². The van der Waals surface area contributed by atoms with E-state index < -0.39 is 0 Å². The average molecular weight is 259 g/mol. The van der Waals surface area contributed by atoms with Crippen LogP contribution in [0.1, 0.15) is 56.9 Å². The third-order valence-corrected chi connectivity index (χ3v) is 4.32. The molecule has 0 aliphatic heterocycles. The summed E-state index contributed by atoms with van der Waals surface area (Å²) >= 11 is 0. The zero-order valence-corrected chi connectivity index (χ0v) is 12.2. The first kappa shape index (κ1) is 14.6. The Morgan fingerprint density at radius 2 is 1.68 bits per heavy atom. The van der Waals surface area contributed by atoms with Crippen LogP contribution in [-0.2, 0) is 6.42 Å². The number of hydrogen-bond acceptors (Lipinski definition) is 1. The molecule has 0 heterocycles. The fourth-order valence-electron chi connectivity index (χ4n) is 3.10. The molecule has 19 heavy (non-hydrogen) atoms. The molecule has 1 nitrogen and oxygen atoms in total. The largest absolute Gasteiger partial charge is 0.316 e. The summed E-state index contributed by atoms with van der Waals surface area (Å²) < 4.78 is 0. The van der Waals surface area contributed by atoms with Crippen LogP contribution in [0.4, 0.5) is 0 Å². The number of benzene rings is 1. The number of rotatable bonds is 8. The van der Waals surface area contributed by atoms with Gasteiger partial charge in [0.2, 0.25) is 0 Å². The molecule has 0 unspecified atom stereocenters. The third-order valence-electron chi connectivity index (χ3n) is 4.32. The first-order valence-corrected chi connectivity index (χ1v) is 8.20.